The fraction of sp³-hybridized carbons (Fsp3) is 0.515. The van der Waals surface area contributed by atoms with Crippen molar-refractivity contribution in [2.75, 3.05) is 0 Å². The first-order valence-corrected chi connectivity index (χ1v) is 14.4. The average Bonchev–Trinajstić information content (AvgIpc) is 3.27. The second kappa shape index (κ2) is 11.0. The molecule has 0 aromatic heterocycles. The van der Waals surface area contributed by atoms with Gasteiger partial charge in [0.2, 0.25) is 0 Å². The van der Waals surface area contributed by atoms with E-state index in [4.69, 9.17) is 18.9 Å². The van der Waals surface area contributed by atoms with Gasteiger partial charge in [-0.3, -0.25) is 19.2 Å². The summed E-state index contributed by atoms with van der Waals surface area (Å²) in [5, 5.41) is 0. The monoisotopic (exact) mass is 564 g/mol. The lowest BCUT2D eigenvalue weighted by Crippen LogP contribution is -2.27. The van der Waals surface area contributed by atoms with Crippen LogP contribution in [0.3, 0.4) is 0 Å². The van der Waals surface area contributed by atoms with Gasteiger partial charge in [-0.2, -0.15) is 0 Å². The molecule has 0 saturated carbocycles. The number of carbonyl (C=O) groups excluding carboxylic acids is 4. The van der Waals surface area contributed by atoms with E-state index in [1.54, 1.807) is 27.7 Å². The molecule has 2 aromatic carbocycles. The molecule has 0 unspecified atom stereocenters. The molecular formula is C33H40O8. The normalized spacial score (nSPS) is 17.0. The summed E-state index contributed by atoms with van der Waals surface area (Å²) < 4.78 is 22.7. The quantitative estimate of drug-likeness (QED) is 0.261. The van der Waals surface area contributed by atoms with Crippen LogP contribution in [0.5, 0.6) is 23.0 Å². The molecule has 2 aliphatic rings. The standard InChI is InChI=1S/C33H40O8/c1-9-27(34)38-23-13-19-21(15-25(23)40-29(36)11-3)33(17-31(19,5)6)18-32(7,8)20-14-24(39-28(35)10-2)26(16-22(20)33)41-30(37)12-4/h13-16H,9-12,17-18H2,1-8H3. The van der Waals surface area contributed by atoms with E-state index in [0.29, 0.717) is 12.8 Å². The number of ether oxygens (including phenoxy) is 4. The van der Waals surface area contributed by atoms with Gasteiger partial charge in [0, 0.05) is 31.1 Å². The Labute approximate surface area is 241 Å². The SMILES string of the molecule is CCC(=O)Oc1cc2c(cc1OC(=O)CC)C1(CC2(C)C)CC(C)(C)c2cc(OC(=O)CC)c(OC(=O)CC)cc21. The Morgan fingerprint density at radius 1 is 0.512 bits per heavy atom. The third-order valence-electron chi connectivity index (χ3n) is 8.19. The van der Waals surface area contributed by atoms with Crippen LogP contribution in [0.1, 0.15) is 116 Å². The van der Waals surface area contributed by atoms with Crippen LogP contribution in [0.15, 0.2) is 24.3 Å². The predicted molar refractivity (Wildman–Crippen MR) is 153 cm³/mol. The van der Waals surface area contributed by atoms with Crippen LogP contribution >= 0.6 is 0 Å². The zero-order chi connectivity index (χ0) is 30.3. The van der Waals surface area contributed by atoms with Crippen molar-refractivity contribution in [1.29, 1.82) is 0 Å². The minimum absolute atomic E-state index is 0.163. The highest BCUT2D eigenvalue weighted by atomic mass is 16.6. The Morgan fingerprint density at radius 2 is 0.756 bits per heavy atom. The number of rotatable bonds is 8. The second-order valence-electron chi connectivity index (χ2n) is 12.2. The maximum absolute atomic E-state index is 12.4. The van der Waals surface area contributed by atoms with E-state index in [2.05, 4.69) is 27.7 Å². The summed E-state index contributed by atoms with van der Waals surface area (Å²) in [6.45, 7) is 15.4. The highest BCUT2D eigenvalue weighted by Crippen LogP contribution is 2.65. The van der Waals surface area contributed by atoms with Gasteiger partial charge >= 0.3 is 23.9 Å². The van der Waals surface area contributed by atoms with Gasteiger partial charge in [-0.15, -0.1) is 0 Å². The van der Waals surface area contributed by atoms with Gasteiger partial charge < -0.3 is 18.9 Å². The summed E-state index contributed by atoms with van der Waals surface area (Å²) in [4.78, 5) is 49.4. The molecular weight excluding hydrogens is 524 g/mol. The van der Waals surface area contributed by atoms with Gasteiger partial charge in [-0.1, -0.05) is 55.4 Å². The molecule has 0 N–H and O–H groups in total. The molecule has 2 aliphatic carbocycles. The van der Waals surface area contributed by atoms with E-state index in [0.717, 1.165) is 22.3 Å². The van der Waals surface area contributed by atoms with Crippen LogP contribution in [0.4, 0.5) is 0 Å². The first-order valence-electron chi connectivity index (χ1n) is 14.4. The Morgan fingerprint density at radius 3 is 1.00 bits per heavy atom. The minimum atomic E-state index is -0.529. The van der Waals surface area contributed by atoms with E-state index in [1.165, 1.54) is 0 Å². The second-order valence-corrected chi connectivity index (χ2v) is 12.2. The molecule has 8 heteroatoms. The van der Waals surface area contributed by atoms with Crippen LogP contribution in [0, 0.1) is 0 Å². The molecule has 8 nitrogen and oxygen atoms in total. The molecule has 0 heterocycles. The van der Waals surface area contributed by atoms with Crippen LogP contribution in [-0.4, -0.2) is 23.9 Å². The lowest BCUT2D eigenvalue weighted by molar-refractivity contribution is -0.136. The maximum Gasteiger partial charge on any atom is 0.311 e. The van der Waals surface area contributed by atoms with Crippen LogP contribution < -0.4 is 18.9 Å². The van der Waals surface area contributed by atoms with Crippen molar-refractivity contribution in [3.8, 4) is 23.0 Å². The highest BCUT2D eigenvalue weighted by molar-refractivity contribution is 5.79. The number of fused-ring (bicyclic) bond motifs is 4. The lowest BCUT2D eigenvalue weighted by atomic mass is 9.72. The number of hydrogen-bond acceptors (Lipinski definition) is 8. The topological polar surface area (TPSA) is 105 Å². The molecule has 4 rings (SSSR count). The summed E-state index contributed by atoms with van der Waals surface area (Å²) in [7, 11) is 0. The zero-order valence-corrected chi connectivity index (χ0v) is 25.3. The fourth-order valence-corrected chi connectivity index (χ4v) is 6.42. The van der Waals surface area contributed by atoms with Crippen molar-refractivity contribution >= 4 is 23.9 Å². The van der Waals surface area contributed by atoms with Gasteiger partial charge in [0.25, 0.3) is 0 Å². The van der Waals surface area contributed by atoms with Crippen molar-refractivity contribution in [3.63, 3.8) is 0 Å². The van der Waals surface area contributed by atoms with E-state index in [1.807, 2.05) is 24.3 Å². The molecule has 0 fully saturated rings. The smallest absolute Gasteiger partial charge is 0.311 e. The largest absolute Gasteiger partial charge is 0.423 e. The Bertz CT molecular complexity index is 1310. The summed E-state index contributed by atoms with van der Waals surface area (Å²) in [6.07, 6.45) is 2.11. The van der Waals surface area contributed by atoms with Crippen LogP contribution in [0.2, 0.25) is 0 Å². The molecule has 2 aromatic rings. The van der Waals surface area contributed by atoms with Gasteiger partial charge in [0.1, 0.15) is 0 Å². The third kappa shape index (κ3) is 5.48. The molecule has 41 heavy (non-hydrogen) atoms. The number of hydrogen-bond donors (Lipinski definition) is 0. The Balaban J connectivity index is 1.98. The van der Waals surface area contributed by atoms with E-state index < -0.39 is 29.3 Å². The number of carbonyl (C=O) groups is 4. The van der Waals surface area contributed by atoms with Crippen molar-refractivity contribution < 1.29 is 38.1 Å². The van der Waals surface area contributed by atoms with E-state index in [-0.39, 0.29) is 59.5 Å². The lowest BCUT2D eigenvalue weighted by Gasteiger charge is -2.30. The van der Waals surface area contributed by atoms with Crippen LogP contribution in [0.25, 0.3) is 0 Å². The van der Waals surface area contributed by atoms with Crippen LogP contribution in [-0.2, 0) is 35.4 Å². The fourth-order valence-electron chi connectivity index (χ4n) is 6.42. The number of benzene rings is 2. The first kappa shape index (κ1) is 30.3. The molecule has 0 saturated heterocycles. The molecule has 0 atom stereocenters. The first-order chi connectivity index (χ1) is 19.2. The highest BCUT2D eigenvalue weighted by Gasteiger charge is 2.57. The molecule has 0 radical (unpaired) electrons. The average molecular weight is 565 g/mol. The van der Waals surface area contributed by atoms with Crippen molar-refractivity contribution in [3.05, 3.63) is 46.5 Å². The molecule has 0 amide bonds. The van der Waals surface area contributed by atoms with Crippen molar-refractivity contribution in [2.45, 2.75) is 110 Å². The molecule has 220 valence electrons. The molecule has 0 bridgehead atoms. The number of esters is 4. The van der Waals surface area contributed by atoms with E-state index in [9.17, 15) is 19.2 Å². The van der Waals surface area contributed by atoms with Gasteiger partial charge in [-0.05, 0) is 70.2 Å². The zero-order valence-electron chi connectivity index (χ0n) is 25.3. The maximum atomic E-state index is 12.4. The minimum Gasteiger partial charge on any atom is -0.423 e. The summed E-state index contributed by atoms with van der Waals surface area (Å²) in [5.74, 6) is -0.875. The Hall–Kier alpha value is -3.68. The van der Waals surface area contributed by atoms with Gasteiger partial charge in [0.05, 0.1) is 0 Å². The van der Waals surface area contributed by atoms with Crippen molar-refractivity contribution in [2.24, 2.45) is 0 Å². The molecule has 1 spiro atoms. The summed E-state index contributed by atoms with van der Waals surface area (Å²) in [5.41, 5.74) is 2.72. The van der Waals surface area contributed by atoms with Gasteiger partial charge in [-0.25, -0.2) is 0 Å². The summed E-state index contributed by atoms with van der Waals surface area (Å²) in [6, 6.07) is 7.33. The molecule has 0 aliphatic heterocycles. The van der Waals surface area contributed by atoms with E-state index >= 15 is 0 Å². The predicted octanol–water partition coefficient (Wildman–Crippen LogP) is 6.60. The van der Waals surface area contributed by atoms with Gasteiger partial charge in [0.15, 0.2) is 23.0 Å². The Kier molecular flexibility index (Phi) is 8.09. The summed E-state index contributed by atoms with van der Waals surface area (Å²) >= 11 is 0. The third-order valence-corrected chi connectivity index (χ3v) is 8.19. The van der Waals surface area contributed by atoms with Crippen molar-refractivity contribution in [1.82, 2.24) is 0 Å².